The molecular weight excluding hydrogens is 295 g/mol. The molecule has 0 aliphatic rings. The van der Waals surface area contributed by atoms with Crippen molar-refractivity contribution in [3.63, 3.8) is 0 Å². The van der Waals surface area contributed by atoms with Gasteiger partial charge in [0.15, 0.2) is 0 Å². The van der Waals surface area contributed by atoms with Crippen molar-refractivity contribution in [2.45, 2.75) is 20.4 Å². The second-order valence-corrected chi connectivity index (χ2v) is 5.23. The molecule has 0 radical (unpaired) electrons. The Bertz CT molecular complexity index is 602. The molecule has 0 aliphatic carbocycles. The number of halogens is 2. The highest BCUT2D eigenvalue weighted by Gasteiger charge is 2.09. The average molecular weight is 311 g/mol. The lowest BCUT2D eigenvalue weighted by Gasteiger charge is -2.13. The van der Waals surface area contributed by atoms with Crippen LogP contribution in [0, 0.1) is 6.92 Å². The summed E-state index contributed by atoms with van der Waals surface area (Å²) in [7, 11) is 0. The van der Waals surface area contributed by atoms with Crippen molar-refractivity contribution in [3.05, 3.63) is 51.8 Å². The Morgan fingerprint density at radius 3 is 2.75 bits per heavy atom. The van der Waals surface area contributed by atoms with Gasteiger partial charge in [-0.2, -0.15) is 0 Å². The molecule has 0 amide bonds. The van der Waals surface area contributed by atoms with Gasteiger partial charge in [0, 0.05) is 41.2 Å². The Hall–Kier alpha value is -1.29. The van der Waals surface area contributed by atoms with Crippen LogP contribution in [0.4, 0.5) is 0 Å². The number of ether oxygens (including phenoxy) is 1. The second-order valence-electron chi connectivity index (χ2n) is 4.39. The van der Waals surface area contributed by atoms with E-state index in [1.165, 1.54) is 0 Å². The third-order valence-corrected chi connectivity index (χ3v) is 3.31. The Kier molecular flexibility index (Phi) is 5.24. The summed E-state index contributed by atoms with van der Waals surface area (Å²) in [4.78, 5) is 4.30. The van der Waals surface area contributed by atoms with Gasteiger partial charge in [0.25, 0.3) is 0 Å². The van der Waals surface area contributed by atoms with E-state index in [4.69, 9.17) is 27.9 Å². The first-order valence-electron chi connectivity index (χ1n) is 6.39. The van der Waals surface area contributed by atoms with Crippen LogP contribution >= 0.6 is 23.2 Å². The van der Waals surface area contributed by atoms with Crippen LogP contribution in [0.1, 0.15) is 18.2 Å². The van der Waals surface area contributed by atoms with E-state index in [9.17, 15) is 0 Å². The van der Waals surface area contributed by atoms with E-state index in [2.05, 4.69) is 17.2 Å². The fourth-order valence-corrected chi connectivity index (χ4v) is 2.04. The molecule has 2 aromatic rings. The molecule has 0 atom stereocenters. The maximum absolute atomic E-state index is 6.13. The van der Waals surface area contributed by atoms with Crippen LogP contribution in [0.3, 0.4) is 0 Å². The van der Waals surface area contributed by atoms with E-state index in [1.807, 2.05) is 19.2 Å². The molecule has 5 heteroatoms. The molecule has 0 aliphatic heterocycles. The Labute approximate surface area is 128 Å². The Morgan fingerprint density at radius 1 is 1.20 bits per heavy atom. The lowest BCUT2D eigenvalue weighted by molar-refractivity contribution is 0.472. The first kappa shape index (κ1) is 15.1. The van der Waals surface area contributed by atoms with E-state index < -0.39 is 0 Å². The van der Waals surface area contributed by atoms with Gasteiger partial charge in [-0.25, -0.2) is 0 Å². The van der Waals surface area contributed by atoms with Crippen molar-refractivity contribution in [1.82, 2.24) is 10.3 Å². The Morgan fingerprint density at radius 2 is 2.00 bits per heavy atom. The summed E-state index contributed by atoms with van der Waals surface area (Å²) >= 11 is 12.1. The largest absolute Gasteiger partial charge is 0.455 e. The maximum Gasteiger partial charge on any atom is 0.147 e. The fourth-order valence-electron chi connectivity index (χ4n) is 1.72. The lowest BCUT2D eigenvalue weighted by atomic mass is 10.2. The molecule has 1 aromatic heterocycles. The number of hydrogen-bond donors (Lipinski definition) is 1. The van der Waals surface area contributed by atoms with Gasteiger partial charge < -0.3 is 10.1 Å². The highest BCUT2D eigenvalue weighted by molar-refractivity contribution is 6.34. The van der Waals surface area contributed by atoms with Crippen molar-refractivity contribution in [2.75, 3.05) is 6.54 Å². The molecule has 1 N–H and O–H groups in total. The number of benzene rings is 1. The summed E-state index contributed by atoms with van der Waals surface area (Å²) in [6, 6.07) is 7.05. The lowest BCUT2D eigenvalue weighted by Crippen LogP contribution is -2.12. The van der Waals surface area contributed by atoms with Crippen molar-refractivity contribution < 1.29 is 4.74 Å². The number of hydrogen-bond acceptors (Lipinski definition) is 3. The predicted molar refractivity (Wildman–Crippen MR) is 82.9 cm³/mol. The molecule has 2 rings (SSSR count). The van der Waals surface area contributed by atoms with Gasteiger partial charge in [0.05, 0.1) is 5.02 Å². The third kappa shape index (κ3) is 3.85. The quantitative estimate of drug-likeness (QED) is 0.876. The predicted octanol–water partition coefficient (Wildman–Crippen LogP) is 4.60. The van der Waals surface area contributed by atoms with Crippen LogP contribution in [0.5, 0.6) is 11.5 Å². The van der Waals surface area contributed by atoms with Gasteiger partial charge in [-0.1, -0.05) is 30.1 Å². The molecule has 106 valence electrons. The van der Waals surface area contributed by atoms with Crippen LogP contribution in [0.15, 0.2) is 30.5 Å². The first-order valence-corrected chi connectivity index (χ1v) is 7.15. The first-order chi connectivity index (χ1) is 9.60. The van der Waals surface area contributed by atoms with E-state index in [-0.39, 0.29) is 0 Å². The summed E-state index contributed by atoms with van der Waals surface area (Å²) in [5.41, 5.74) is 1.87. The minimum Gasteiger partial charge on any atom is -0.455 e. The highest BCUT2D eigenvalue weighted by atomic mass is 35.5. The minimum atomic E-state index is 0.526. The SMILES string of the molecule is CCNCc1cnc(C)cc1Oc1cc(Cl)ccc1Cl. The van der Waals surface area contributed by atoms with Crippen molar-refractivity contribution >= 4 is 23.2 Å². The van der Waals surface area contributed by atoms with Gasteiger partial charge in [0.1, 0.15) is 11.5 Å². The summed E-state index contributed by atoms with van der Waals surface area (Å²) in [5.74, 6) is 1.28. The fraction of sp³-hybridized carbons (Fsp3) is 0.267. The second kappa shape index (κ2) is 6.93. The van der Waals surface area contributed by atoms with Crippen molar-refractivity contribution in [2.24, 2.45) is 0 Å². The molecular formula is C15H16Cl2N2O. The van der Waals surface area contributed by atoms with E-state index in [1.54, 1.807) is 18.2 Å². The topological polar surface area (TPSA) is 34.2 Å². The smallest absolute Gasteiger partial charge is 0.147 e. The highest BCUT2D eigenvalue weighted by Crippen LogP contribution is 2.33. The standard InChI is InChI=1S/C15H16Cl2N2O/c1-3-18-8-11-9-19-10(2)6-14(11)20-15-7-12(16)4-5-13(15)17/h4-7,9,18H,3,8H2,1-2H3. The number of aromatic nitrogens is 1. The molecule has 0 unspecified atom stereocenters. The van der Waals surface area contributed by atoms with Crippen molar-refractivity contribution in [1.29, 1.82) is 0 Å². The summed E-state index contributed by atoms with van der Waals surface area (Å²) in [6.45, 7) is 5.54. The number of aryl methyl sites for hydroxylation is 1. The summed E-state index contributed by atoms with van der Waals surface area (Å²) in [5, 5.41) is 4.37. The zero-order valence-corrected chi connectivity index (χ0v) is 12.9. The van der Waals surface area contributed by atoms with E-state index in [0.717, 1.165) is 23.6 Å². The Balaban J connectivity index is 2.31. The molecule has 0 saturated heterocycles. The van der Waals surface area contributed by atoms with Crippen LogP contribution in [-0.4, -0.2) is 11.5 Å². The van der Waals surface area contributed by atoms with Gasteiger partial charge in [0.2, 0.25) is 0 Å². The molecule has 1 aromatic carbocycles. The van der Waals surface area contributed by atoms with Gasteiger partial charge >= 0.3 is 0 Å². The summed E-state index contributed by atoms with van der Waals surface area (Å²) in [6.07, 6.45) is 1.81. The zero-order chi connectivity index (χ0) is 14.5. The third-order valence-electron chi connectivity index (χ3n) is 2.76. The van der Waals surface area contributed by atoms with Crippen molar-refractivity contribution in [3.8, 4) is 11.5 Å². The minimum absolute atomic E-state index is 0.526. The molecule has 1 heterocycles. The van der Waals surface area contributed by atoms with Crippen LogP contribution in [0.25, 0.3) is 0 Å². The van der Waals surface area contributed by atoms with Crippen LogP contribution in [-0.2, 0) is 6.54 Å². The zero-order valence-electron chi connectivity index (χ0n) is 11.4. The van der Waals surface area contributed by atoms with Gasteiger partial charge in [-0.3, -0.25) is 4.98 Å². The molecule has 0 spiro atoms. The molecule has 0 fully saturated rings. The average Bonchev–Trinajstić information content (AvgIpc) is 2.42. The van der Waals surface area contributed by atoms with E-state index in [0.29, 0.717) is 22.3 Å². The number of pyridine rings is 1. The maximum atomic E-state index is 6.13. The number of nitrogens with zero attached hydrogens (tertiary/aromatic N) is 1. The normalized spacial score (nSPS) is 10.6. The molecule has 3 nitrogen and oxygen atoms in total. The molecule has 0 saturated carbocycles. The van der Waals surface area contributed by atoms with Crippen LogP contribution in [0.2, 0.25) is 10.0 Å². The number of rotatable bonds is 5. The molecule has 0 bridgehead atoms. The molecule has 20 heavy (non-hydrogen) atoms. The van der Waals surface area contributed by atoms with Crippen LogP contribution < -0.4 is 10.1 Å². The van der Waals surface area contributed by atoms with Gasteiger partial charge in [-0.05, 0) is 25.6 Å². The number of nitrogens with one attached hydrogen (secondary N) is 1. The van der Waals surface area contributed by atoms with E-state index >= 15 is 0 Å². The monoisotopic (exact) mass is 310 g/mol. The van der Waals surface area contributed by atoms with Gasteiger partial charge in [-0.15, -0.1) is 0 Å². The summed E-state index contributed by atoms with van der Waals surface area (Å²) < 4.78 is 5.90.